The molecule has 29 heavy (non-hydrogen) atoms. The van der Waals surface area contributed by atoms with Gasteiger partial charge in [-0.2, -0.15) is 5.10 Å². The average Bonchev–Trinajstić information content (AvgIpc) is 2.65. The van der Waals surface area contributed by atoms with Crippen molar-refractivity contribution in [1.82, 2.24) is 5.43 Å². The van der Waals surface area contributed by atoms with Crippen LogP contribution in [0.4, 0.5) is 11.4 Å². The highest BCUT2D eigenvalue weighted by atomic mass is 16.6. The minimum Gasteiger partial charge on any atom is -0.273 e. The van der Waals surface area contributed by atoms with E-state index in [1.807, 2.05) is 24.3 Å². The molecule has 2 rings (SSSR count). The van der Waals surface area contributed by atoms with Gasteiger partial charge in [0.2, 0.25) is 5.91 Å². The number of amides is 1. The fourth-order valence-electron chi connectivity index (χ4n) is 2.62. The second-order valence-corrected chi connectivity index (χ2v) is 7.56. The molecule has 1 amide bonds. The van der Waals surface area contributed by atoms with E-state index in [0.717, 1.165) is 17.7 Å². The van der Waals surface area contributed by atoms with Crippen LogP contribution in [0.2, 0.25) is 0 Å². The van der Waals surface area contributed by atoms with Gasteiger partial charge in [-0.3, -0.25) is 25.0 Å². The number of rotatable bonds is 6. The van der Waals surface area contributed by atoms with E-state index in [4.69, 9.17) is 0 Å². The SMILES string of the molecule is C/C(=N/NC(=O)Cc1ccc([N+](=O)[O-])cc1[N+](=O)[O-])c1ccc(C(C)(C)C)cc1. The lowest BCUT2D eigenvalue weighted by Crippen LogP contribution is -2.21. The number of nitrogens with one attached hydrogen (secondary N) is 1. The quantitative estimate of drug-likeness (QED) is 0.448. The Hall–Kier alpha value is -3.62. The number of nitro benzene ring substituents is 2. The molecule has 1 N–H and O–H groups in total. The van der Waals surface area contributed by atoms with Crippen molar-refractivity contribution >= 4 is 23.0 Å². The average molecular weight is 398 g/mol. The lowest BCUT2D eigenvalue weighted by Gasteiger charge is -2.19. The lowest BCUT2D eigenvalue weighted by molar-refractivity contribution is -0.394. The van der Waals surface area contributed by atoms with Crippen molar-refractivity contribution in [3.05, 3.63) is 79.4 Å². The molecule has 0 atom stereocenters. The second kappa shape index (κ2) is 8.59. The van der Waals surface area contributed by atoms with E-state index in [0.29, 0.717) is 5.71 Å². The van der Waals surface area contributed by atoms with Crippen LogP contribution in [-0.4, -0.2) is 21.5 Å². The highest BCUT2D eigenvalue weighted by Gasteiger charge is 2.21. The molecule has 0 saturated heterocycles. The molecule has 0 aromatic heterocycles. The van der Waals surface area contributed by atoms with E-state index >= 15 is 0 Å². The maximum atomic E-state index is 12.2. The molecule has 0 heterocycles. The van der Waals surface area contributed by atoms with Crippen LogP contribution in [0, 0.1) is 20.2 Å². The summed E-state index contributed by atoms with van der Waals surface area (Å²) < 4.78 is 0. The largest absolute Gasteiger partial charge is 0.279 e. The molecule has 0 fully saturated rings. The molecule has 0 saturated carbocycles. The number of carbonyl (C=O) groups is 1. The Morgan fingerprint density at radius 3 is 2.17 bits per heavy atom. The van der Waals surface area contributed by atoms with Gasteiger partial charge in [0.1, 0.15) is 0 Å². The molecule has 0 bridgehead atoms. The molecule has 0 radical (unpaired) electrons. The summed E-state index contributed by atoms with van der Waals surface area (Å²) in [6.45, 7) is 8.07. The molecule has 0 aliphatic carbocycles. The Morgan fingerprint density at radius 1 is 1.03 bits per heavy atom. The number of nitrogens with zero attached hydrogens (tertiary/aromatic N) is 3. The fourth-order valence-corrected chi connectivity index (χ4v) is 2.62. The first-order valence-corrected chi connectivity index (χ1v) is 8.85. The van der Waals surface area contributed by atoms with Gasteiger partial charge in [-0.05, 0) is 29.5 Å². The number of benzene rings is 2. The number of hydrogen-bond donors (Lipinski definition) is 1. The zero-order chi connectivity index (χ0) is 21.8. The van der Waals surface area contributed by atoms with Crippen LogP contribution >= 0.6 is 0 Å². The number of hydrazone groups is 1. The Balaban J connectivity index is 2.11. The van der Waals surface area contributed by atoms with E-state index in [2.05, 4.69) is 31.3 Å². The van der Waals surface area contributed by atoms with Crippen molar-refractivity contribution in [3.8, 4) is 0 Å². The van der Waals surface area contributed by atoms with E-state index in [1.54, 1.807) is 6.92 Å². The van der Waals surface area contributed by atoms with Crippen molar-refractivity contribution in [1.29, 1.82) is 0 Å². The molecule has 9 heteroatoms. The highest BCUT2D eigenvalue weighted by Crippen LogP contribution is 2.25. The van der Waals surface area contributed by atoms with Crippen LogP contribution < -0.4 is 5.43 Å². The molecule has 2 aromatic carbocycles. The minimum atomic E-state index is -0.749. The van der Waals surface area contributed by atoms with Gasteiger partial charge in [-0.1, -0.05) is 45.0 Å². The van der Waals surface area contributed by atoms with Crippen molar-refractivity contribution in [3.63, 3.8) is 0 Å². The van der Waals surface area contributed by atoms with Crippen LogP contribution in [-0.2, 0) is 16.6 Å². The standard InChI is InChI=1S/C20H22N4O5/c1-13(14-5-8-16(9-6-14)20(2,3)4)21-22-19(25)11-15-7-10-17(23(26)27)12-18(15)24(28)29/h5-10,12H,11H2,1-4H3,(H,22,25)/b21-13-. The third-order valence-corrected chi connectivity index (χ3v) is 4.34. The van der Waals surface area contributed by atoms with Crippen LogP contribution in [0.1, 0.15) is 44.4 Å². The molecule has 152 valence electrons. The second-order valence-electron chi connectivity index (χ2n) is 7.56. The van der Waals surface area contributed by atoms with E-state index in [1.165, 1.54) is 11.6 Å². The number of non-ortho nitro benzene ring substituents is 1. The zero-order valence-electron chi connectivity index (χ0n) is 16.6. The van der Waals surface area contributed by atoms with Crippen LogP contribution in [0.25, 0.3) is 0 Å². The maximum absolute atomic E-state index is 12.2. The van der Waals surface area contributed by atoms with Crippen molar-refractivity contribution in [2.45, 2.75) is 39.5 Å². The Morgan fingerprint density at radius 2 is 1.66 bits per heavy atom. The van der Waals surface area contributed by atoms with Crippen molar-refractivity contribution in [2.75, 3.05) is 0 Å². The van der Waals surface area contributed by atoms with Crippen LogP contribution in [0.15, 0.2) is 47.6 Å². The van der Waals surface area contributed by atoms with Gasteiger partial charge in [0, 0.05) is 11.6 Å². The molecular formula is C20H22N4O5. The molecule has 0 aliphatic heterocycles. The van der Waals surface area contributed by atoms with Crippen molar-refractivity contribution < 1.29 is 14.6 Å². The summed E-state index contributed by atoms with van der Waals surface area (Å²) in [6.07, 6.45) is -0.325. The summed E-state index contributed by atoms with van der Waals surface area (Å²) in [6, 6.07) is 11.0. The molecule has 0 aliphatic rings. The van der Waals surface area contributed by atoms with Gasteiger partial charge in [-0.25, -0.2) is 5.43 Å². The lowest BCUT2D eigenvalue weighted by atomic mass is 9.86. The summed E-state index contributed by atoms with van der Waals surface area (Å²) in [4.78, 5) is 32.6. The summed E-state index contributed by atoms with van der Waals surface area (Å²) in [5.41, 5.74) is 4.16. The third-order valence-electron chi connectivity index (χ3n) is 4.34. The van der Waals surface area contributed by atoms with Crippen LogP contribution in [0.3, 0.4) is 0 Å². The van der Waals surface area contributed by atoms with E-state index in [9.17, 15) is 25.0 Å². The van der Waals surface area contributed by atoms with Crippen LogP contribution in [0.5, 0.6) is 0 Å². The first-order chi connectivity index (χ1) is 13.5. The van der Waals surface area contributed by atoms with Gasteiger partial charge in [0.25, 0.3) is 11.4 Å². The maximum Gasteiger partial charge on any atom is 0.279 e. The topological polar surface area (TPSA) is 128 Å². The Kier molecular flexibility index (Phi) is 6.42. The number of nitro groups is 2. The number of hydrogen-bond acceptors (Lipinski definition) is 6. The smallest absolute Gasteiger partial charge is 0.273 e. The highest BCUT2D eigenvalue weighted by molar-refractivity contribution is 5.99. The Bertz CT molecular complexity index is 975. The molecule has 9 nitrogen and oxygen atoms in total. The molecule has 0 unspecified atom stereocenters. The Labute approximate surface area is 167 Å². The zero-order valence-corrected chi connectivity index (χ0v) is 16.6. The van der Waals surface area contributed by atoms with Gasteiger partial charge < -0.3 is 0 Å². The van der Waals surface area contributed by atoms with Gasteiger partial charge in [-0.15, -0.1) is 0 Å². The first kappa shape index (κ1) is 21.7. The fraction of sp³-hybridized carbons (Fsp3) is 0.300. The number of carbonyl (C=O) groups excluding carboxylic acids is 1. The molecule has 2 aromatic rings. The summed E-state index contributed by atoms with van der Waals surface area (Å²) in [5.74, 6) is -0.562. The molecular weight excluding hydrogens is 376 g/mol. The minimum absolute atomic E-state index is 0.0251. The third kappa shape index (κ3) is 5.68. The summed E-state index contributed by atoms with van der Waals surface area (Å²) in [7, 11) is 0. The first-order valence-electron chi connectivity index (χ1n) is 8.85. The predicted molar refractivity (Wildman–Crippen MR) is 109 cm³/mol. The monoisotopic (exact) mass is 398 g/mol. The normalized spacial score (nSPS) is 11.8. The molecule has 0 spiro atoms. The van der Waals surface area contributed by atoms with Gasteiger partial charge in [0.05, 0.1) is 28.0 Å². The van der Waals surface area contributed by atoms with E-state index in [-0.39, 0.29) is 17.4 Å². The van der Waals surface area contributed by atoms with Gasteiger partial charge in [0.15, 0.2) is 0 Å². The summed E-state index contributed by atoms with van der Waals surface area (Å²) in [5, 5.41) is 26.0. The summed E-state index contributed by atoms with van der Waals surface area (Å²) >= 11 is 0. The predicted octanol–water partition coefficient (Wildman–Crippen LogP) is 3.88. The van der Waals surface area contributed by atoms with Gasteiger partial charge >= 0.3 is 0 Å². The van der Waals surface area contributed by atoms with E-state index < -0.39 is 27.1 Å². The van der Waals surface area contributed by atoms with Crippen molar-refractivity contribution in [2.24, 2.45) is 5.10 Å².